The van der Waals surface area contributed by atoms with E-state index in [-0.39, 0.29) is 17.1 Å². The molecule has 0 radical (unpaired) electrons. The zero-order valence-corrected chi connectivity index (χ0v) is 17.7. The molecule has 0 spiro atoms. The van der Waals surface area contributed by atoms with Gasteiger partial charge in [0.15, 0.2) is 5.78 Å². The van der Waals surface area contributed by atoms with Gasteiger partial charge < -0.3 is 19.3 Å². The maximum Gasteiger partial charge on any atom is 0.189 e. The number of carbonyl (C=O) groups is 1. The zero-order valence-electron chi connectivity index (χ0n) is 17.7. The monoisotopic (exact) mass is 418 g/mol. The van der Waals surface area contributed by atoms with Gasteiger partial charge in [0.2, 0.25) is 0 Å². The predicted octanol–water partition coefficient (Wildman–Crippen LogP) is 5.66. The van der Waals surface area contributed by atoms with Crippen LogP contribution in [0.25, 0.3) is 6.08 Å². The fraction of sp³-hybridized carbons (Fsp3) is 0.192. The molecule has 0 bridgehead atoms. The number of phenolic OH excluding ortho intramolecular Hbond substituents is 1. The largest absolute Gasteiger partial charge is 0.507 e. The Morgan fingerprint density at radius 1 is 0.871 bits per heavy atom. The highest BCUT2D eigenvalue weighted by atomic mass is 16.5. The lowest BCUT2D eigenvalue weighted by molar-refractivity contribution is 0.104. The zero-order chi connectivity index (χ0) is 22.1. The maximum absolute atomic E-state index is 12.6. The van der Waals surface area contributed by atoms with E-state index in [1.807, 2.05) is 62.4 Å². The number of phenols is 1. The molecule has 0 atom stereocenters. The molecule has 31 heavy (non-hydrogen) atoms. The first-order valence-electron chi connectivity index (χ1n) is 10.2. The lowest BCUT2D eigenvalue weighted by Gasteiger charge is -2.11. The summed E-state index contributed by atoms with van der Waals surface area (Å²) in [6.07, 6.45) is 3.09. The Hall–Kier alpha value is -3.73. The average Bonchev–Trinajstić information content (AvgIpc) is 2.78. The van der Waals surface area contributed by atoms with Crippen molar-refractivity contribution in [1.82, 2.24) is 0 Å². The molecule has 0 unspecified atom stereocenters. The summed E-state index contributed by atoms with van der Waals surface area (Å²) in [4.78, 5) is 12.6. The summed E-state index contributed by atoms with van der Waals surface area (Å²) >= 11 is 0. The fourth-order valence-electron chi connectivity index (χ4n) is 3.00. The highest BCUT2D eigenvalue weighted by molar-refractivity contribution is 6.08. The number of hydrogen-bond acceptors (Lipinski definition) is 5. The molecule has 3 aromatic rings. The summed E-state index contributed by atoms with van der Waals surface area (Å²) in [6.45, 7) is 5.17. The van der Waals surface area contributed by atoms with Crippen molar-refractivity contribution in [2.45, 2.75) is 20.5 Å². The SMILES string of the molecule is CCOc1ccc(C(=O)C=Cc2ccc(OCc3ccccc3)cc2OCC)c(O)c1. The van der Waals surface area contributed by atoms with Crippen molar-refractivity contribution in [3.63, 3.8) is 0 Å². The van der Waals surface area contributed by atoms with Crippen molar-refractivity contribution in [3.05, 3.63) is 89.5 Å². The lowest BCUT2D eigenvalue weighted by Crippen LogP contribution is -1.99. The summed E-state index contributed by atoms with van der Waals surface area (Å²) in [7, 11) is 0. The molecule has 0 aromatic heterocycles. The molecule has 0 aliphatic heterocycles. The van der Waals surface area contributed by atoms with Crippen LogP contribution in [0.4, 0.5) is 0 Å². The molecule has 0 aliphatic carbocycles. The molecular formula is C26H26O5. The van der Waals surface area contributed by atoms with Gasteiger partial charge in [-0.15, -0.1) is 0 Å². The minimum atomic E-state index is -0.313. The van der Waals surface area contributed by atoms with Gasteiger partial charge in [0.25, 0.3) is 0 Å². The number of ketones is 1. The number of ether oxygens (including phenoxy) is 3. The van der Waals surface area contributed by atoms with Gasteiger partial charge in [0, 0.05) is 17.7 Å². The third-order valence-corrected chi connectivity index (χ3v) is 4.49. The van der Waals surface area contributed by atoms with Gasteiger partial charge in [-0.05, 0) is 55.8 Å². The van der Waals surface area contributed by atoms with Crippen molar-refractivity contribution in [2.75, 3.05) is 13.2 Å². The van der Waals surface area contributed by atoms with Crippen LogP contribution in [0, 0.1) is 0 Å². The molecule has 1 N–H and O–H groups in total. The van der Waals surface area contributed by atoms with Crippen LogP contribution in [0.3, 0.4) is 0 Å². The second-order valence-corrected chi connectivity index (χ2v) is 6.72. The molecule has 0 saturated heterocycles. The topological polar surface area (TPSA) is 65.0 Å². The number of rotatable bonds is 10. The molecule has 5 nitrogen and oxygen atoms in total. The number of aromatic hydroxyl groups is 1. The maximum atomic E-state index is 12.6. The summed E-state index contributed by atoms with van der Waals surface area (Å²) in [6, 6.07) is 20.1. The van der Waals surface area contributed by atoms with Crippen LogP contribution in [0.15, 0.2) is 72.8 Å². The first-order valence-corrected chi connectivity index (χ1v) is 10.2. The molecule has 3 aromatic carbocycles. The Morgan fingerprint density at radius 3 is 2.29 bits per heavy atom. The van der Waals surface area contributed by atoms with Gasteiger partial charge in [0.05, 0.1) is 18.8 Å². The third kappa shape index (κ3) is 6.12. The van der Waals surface area contributed by atoms with Crippen LogP contribution < -0.4 is 14.2 Å². The van der Waals surface area contributed by atoms with Crippen molar-refractivity contribution in [3.8, 4) is 23.0 Å². The normalized spacial score (nSPS) is 10.8. The van der Waals surface area contributed by atoms with Crippen LogP contribution in [0.2, 0.25) is 0 Å². The summed E-state index contributed by atoms with van der Waals surface area (Å²) in [5, 5.41) is 10.1. The highest BCUT2D eigenvalue weighted by Gasteiger charge is 2.11. The summed E-state index contributed by atoms with van der Waals surface area (Å²) in [5.74, 6) is 1.39. The van der Waals surface area contributed by atoms with E-state index in [9.17, 15) is 9.90 Å². The molecule has 0 amide bonds. The highest BCUT2D eigenvalue weighted by Crippen LogP contribution is 2.28. The molecule has 0 heterocycles. The van der Waals surface area contributed by atoms with E-state index >= 15 is 0 Å². The van der Waals surface area contributed by atoms with Crippen molar-refractivity contribution in [2.24, 2.45) is 0 Å². The van der Waals surface area contributed by atoms with Crippen LogP contribution in [-0.2, 0) is 6.61 Å². The standard InChI is InChI=1S/C26H26O5/c1-3-29-21-13-14-23(25(28)16-21)24(27)15-11-20-10-12-22(17-26(20)30-4-2)31-18-19-8-6-5-7-9-19/h5-17,28H,3-4,18H2,1-2H3. The van der Waals surface area contributed by atoms with Gasteiger partial charge >= 0.3 is 0 Å². The van der Waals surface area contributed by atoms with Crippen LogP contribution in [0.5, 0.6) is 23.0 Å². The molecule has 3 rings (SSSR count). The first-order chi connectivity index (χ1) is 15.1. The van der Waals surface area contributed by atoms with E-state index in [4.69, 9.17) is 14.2 Å². The molecule has 0 saturated carbocycles. The summed E-state index contributed by atoms with van der Waals surface area (Å²) in [5.41, 5.74) is 2.03. The van der Waals surface area contributed by atoms with Crippen LogP contribution >= 0.6 is 0 Å². The quantitative estimate of drug-likeness (QED) is 0.340. The number of benzene rings is 3. The van der Waals surface area contributed by atoms with E-state index in [2.05, 4.69) is 0 Å². The van der Waals surface area contributed by atoms with Gasteiger partial charge in [0.1, 0.15) is 29.6 Å². The third-order valence-electron chi connectivity index (χ3n) is 4.49. The Morgan fingerprint density at radius 2 is 1.58 bits per heavy atom. The Balaban J connectivity index is 1.73. The number of allylic oxidation sites excluding steroid dienone is 1. The van der Waals surface area contributed by atoms with E-state index < -0.39 is 0 Å². The van der Waals surface area contributed by atoms with Crippen molar-refractivity contribution in [1.29, 1.82) is 0 Å². The molecular weight excluding hydrogens is 392 g/mol. The Bertz CT molecular complexity index is 1040. The Labute approximate surface area is 182 Å². The van der Waals surface area contributed by atoms with Crippen molar-refractivity contribution >= 4 is 11.9 Å². The van der Waals surface area contributed by atoms with E-state index in [1.165, 1.54) is 12.1 Å². The molecule has 0 aliphatic rings. The minimum Gasteiger partial charge on any atom is -0.507 e. The summed E-state index contributed by atoms with van der Waals surface area (Å²) < 4.78 is 16.9. The lowest BCUT2D eigenvalue weighted by atomic mass is 10.1. The van der Waals surface area contributed by atoms with Gasteiger partial charge in [-0.3, -0.25) is 4.79 Å². The van der Waals surface area contributed by atoms with Gasteiger partial charge in [-0.1, -0.05) is 30.3 Å². The van der Waals surface area contributed by atoms with E-state index in [0.29, 0.717) is 37.1 Å². The number of carbonyl (C=O) groups excluding carboxylic acids is 1. The minimum absolute atomic E-state index is 0.115. The van der Waals surface area contributed by atoms with Crippen molar-refractivity contribution < 1.29 is 24.1 Å². The first kappa shape index (κ1) is 22.0. The smallest absolute Gasteiger partial charge is 0.189 e. The molecule has 160 valence electrons. The van der Waals surface area contributed by atoms with Gasteiger partial charge in [-0.2, -0.15) is 0 Å². The predicted molar refractivity (Wildman–Crippen MR) is 121 cm³/mol. The fourth-order valence-corrected chi connectivity index (χ4v) is 3.00. The molecule has 0 fully saturated rings. The molecule has 5 heteroatoms. The van der Waals surface area contributed by atoms with E-state index in [1.54, 1.807) is 18.2 Å². The number of hydrogen-bond donors (Lipinski definition) is 1. The Kier molecular flexibility index (Phi) is 7.71. The second-order valence-electron chi connectivity index (χ2n) is 6.72. The van der Waals surface area contributed by atoms with E-state index in [0.717, 1.165) is 11.1 Å². The van der Waals surface area contributed by atoms with Crippen LogP contribution in [0.1, 0.15) is 35.3 Å². The average molecular weight is 418 g/mol. The van der Waals surface area contributed by atoms with Crippen LogP contribution in [-0.4, -0.2) is 24.1 Å². The van der Waals surface area contributed by atoms with Gasteiger partial charge in [-0.25, -0.2) is 0 Å². The second kappa shape index (κ2) is 10.9.